The van der Waals surface area contributed by atoms with E-state index in [1.165, 1.54) is 7.11 Å². The molecular weight excluding hydrogens is 1640 g/mol. The van der Waals surface area contributed by atoms with E-state index in [0.29, 0.717) is 19.1 Å². The Labute approximate surface area is 652 Å². The minimum atomic E-state index is -1.64. The van der Waals surface area contributed by atoms with Crippen molar-refractivity contribution in [1.82, 2.24) is 47.9 Å². The van der Waals surface area contributed by atoms with Crippen LogP contribution in [-0.2, 0) is 107 Å². The maximum absolute atomic E-state index is 14.6. The van der Waals surface area contributed by atoms with E-state index in [1.54, 1.807) is 58.0 Å². The highest BCUT2D eigenvalue weighted by Crippen LogP contribution is 2.23. The molecule has 106 heavy (non-hydrogen) atoms. The molecule has 1 rings (SSSR count). The van der Waals surface area contributed by atoms with Crippen LogP contribution in [0.4, 0.5) is 0 Å². The molecule has 596 valence electrons. The second-order valence-corrected chi connectivity index (χ2v) is 30.7. The third-order valence-electron chi connectivity index (χ3n) is 16.6. The first-order valence-corrected chi connectivity index (χ1v) is 43.9. The van der Waals surface area contributed by atoms with Crippen molar-refractivity contribution in [3.8, 4) is 0 Å². The standard InChI is InChI=1S/C72H111I2N9O21P2/c1-9-49(84)19-21-52(59(87)11-3)77-64(92)28-23-54(62(90)44-105-73)79-66(94)31-26-57(72(100)82-55(63(91)45-106-74)24-29-65(93)78-53(60(88)12-4)22-20-50(85)10-2)81-67(95)30-25-56(71(99)75-33-34-103-36-35-101-8)80-68(96)32-27-61(89)58(39-46(6)7)83-70(98)48(40-47-17-15-14-16-18-47)41-51(86)42-76-69(97)43-104-38-37-102-13-5/h14-18,46,48,52-58H,9-13,19-45H2,1-8H3,(H,75,99)(H,76,97)(H,77,92)(H,78,93)(H,79,94)(H,80,96)(H,81,95)(H,82,100)(H,83,98)/q-2. The molecule has 0 saturated heterocycles. The summed E-state index contributed by atoms with van der Waals surface area (Å²) in [5.41, 5.74) is 0.724. The second kappa shape index (κ2) is 58.9. The van der Waals surface area contributed by atoms with E-state index in [0.717, 1.165) is 5.56 Å². The Bertz CT molecular complexity index is 3010. The average molecular weight is 1750 g/mol. The summed E-state index contributed by atoms with van der Waals surface area (Å²) in [4.78, 5) is 228. The molecule has 30 nitrogen and oxygen atoms in total. The molecule has 0 heterocycles. The zero-order chi connectivity index (χ0) is 79.4. The van der Waals surface area contributed by atoms with Gasteiger partial charge in [-0.25, -0.2) is 0 Å². The summed E-state index contributed by atoms with van der Waals surface area (Å²) in [7, 11) is 1.47. The lowest BCUT2D eigenvalue weighted by molar-refractivity contribution is -0.134. The van der Waals surface area contributed by atoms with Crippen molar-refractivity contribution >= 4 is 156 Å². The molecule has 34 heteroatoms. The van der Waals surface area contributed by atoms with Gasteiger partial charge in [0.2, 0.25) is 53.2 Å². The van der Waals surface area contributed by atoms with Crippen LogP contribution < -0.4 is 47.9 Å². The monoisotopic (exact) mass is 1750 g/mol. The largest absolute Gasteiger partial charge is 0.456 e. The van der Waals surface area contributed by atoms with E-state index >= 15 is 0 Å². The SMILES string of the molecule is CCOCCOCC(=O)NCC(=O)CC(Cc1ccccc1)C(=O)NC(CC(C)C)C(=O)CCC(=O)NC(CCC(=O)NC(CCC(=O)NC(CCC(=O)NC(CCC(=O)CC)C(=O)CC)C(=O)C[P-]I)C(=O)NC(CCC(=O)NC(CCC(=O)CC)C(=O)CC)C(=O)C[P-]I)C(=O)NCCOCCOC. The van der Waals surface area contributed by atoms with Gasteiger partial charge in [0.05, 0.1) is 69.8 Å². The van der Waals surface area contributed by atoms with Crippen LogP contribution in [0.2, 0.25) is 0 Å². The predicted octanol–water partition coefficient (Wildman–Crippen LogP) is 4.87. The normalized spacial score (nSPS) is 13.6. The number of hydrogen-bond donors (Lipinski definition) is 9. The summed E-state index contributed by atoms with van der Waals surface area (Å²) in [6.07, 6.45) is -2.35. The number of Topliss-reactive ketones (excluding diaryl/α,β-unsaturated/α-hetero) is 8. The number of carbonyl (C=O) groups is 17. The third kappa shape index (κ3) is 45.1. The number of amides is 9. The van der Waals surface area contributed by atoms with Crippen molar-refractivity contribution in [1.29, 1.82) is 0 Å². The number of rotatable bonds is 64. The van der Waals surface area contributed by atoms with Crippen LogP contribution in [0.3, 0.4) is 0 Å². The van der Waals surface area contributed by atoms with Gasteiger partial charge in [-0.3, -0.25) is 71.9 Å². The Morgan fingerprint density at radius 1 is 0.406 bits per heavy atom. The number of hydrogen-bond acceptors (Lipinski definition) is 21. The molecule has 0 aliphatic carbocycles. The molecule has 8 atom stereocenters. The van der Waals surface area contributed by atoms with Crippen LogP contribution in [0.1, 0.15) is 182 Å². The molecule has 0 aromatic heterocycles. The molecule has 0 saturated carbocycles. The van der Waals surface area contributed by atoms with Crippen molar-refractivity contribution in [3.05, 3.63) is 35.9 Å². The van der Waals surface area contributed by atoms with Gasteiger partial charge in [-0.05, 0) is 69.8 Å². The van der Waals surface area contributed by atoms with Gasteiger partial charge in [0.15, 0.2) is 23.1 Å². The number of carbonyl (C=O) groups excluding carboxylic acids is 17. The molecule has 0 fully saturated rings. The lowest BCUT2D eigenvalue weighted by Crippen LogP contribution is -2.53. The third-order valence-corrected chi connectivity index (χ3v) is 19.5. The lowest BCUT2D eigenvalue weighted by Gasteiger charge is -2.25. The van der Waals surface area contributed by atoms with Crippen molar-refractivity contribution in [2.45, 2.75) is 226 Å². The van der Waals surface area contributed by atoms with Crippen molar-refractivity contribution < 1.29 is 100 Å². The molecule has 0 bridgehead atoms. The summed E-state index contributed by atoms with van der Waals surface area (Å²) in [5.74, 6) is -10.6. The summed E-state index contributed by atoms with van der Waals surface area (Å²) in [5, 5.41) is 23.7. The zero-order valence-corrected chi connectivity index (χ0v) is 68.5. The Hall–Kier alpha value is -6.03. The summed E-state index contributed by atoms with van der Waals surface area (Å²) in [6.45, 7) is 12.6. The van der Waals surface area contributed by atoms with Gasteiger partial charge in [-0.2, -0.15) is 0 Å². The van der Waals surface area contributed by atoms with E-state index in [1.807, 2.05) is 64.9 Å². The minimum absolute atomic E-state index is 0.0130. The van der Waals surface area contributed by atoms with E-state index < -0.39 is 163 Å². The Morgan fingerprint density at radius 2 is 0.840 bits per heavy atom. The Morgan fingerprint density at radius 3 is 1.31 bits per heavy atom. The number of ketones is 8. The molecule has 0 aliphatic rings. The molecule has 1 aromatic rings. The van der Waals surface area contributed by atoms with Crippen LogP contribution >= 0.6 is 56.5 Å². The first-order valence-electron chi connectivity index (χ1n) is 36.2. The fraction of sp³-hybridized carbons (Fsp3) is 0.681. The molecule has 0 spiro atoms. The van der Waals surface area contributed by atoms with Gasteiger partial charge in [-0.15, -0.1) is 12.3 Å². The highest BCUT2D eigenvalue weighted by molar-refractivity contribution is 14.2. The number of benzene rings is 1. The van der Waals surface area contributed by atoms with Crippen molar-refractivity contribution in [2.24, 2.45) is 11.8 Å². The summed E-state index contributed by atoms with van der Waals surface area (Å²) >= 11 is 3.87. The van der Waals surface area contributed by atoms with Gasteiger partial charge < -0.3 is 133 Å². The van der Waals surface area contributed by atoms with Gasteiger partial charge in [-0.1, -0.05) is 71.9 Å². The fourth-order valence-corrected chi connectivity index (χ4v) is 13.2. The predicted molar refractivity (Wildman–Crippen MR) is 415 cm³/mol. The average Bonchev–Trinajstić information content (AvgIpc) is 0.875. The molecule has 8 unspecified atom stereocenters. The number of halogens is 2. The highest BCUT2D eigenvalue weighted by atomic mass is 127. The molecule has 9 amide bonds. The second-order valence-electron chi connectivity index (χ2n) is 25.5. The molecule has 0 aliphatic heterocycles. The first-order chi connectivity index (χ1) is 50.6. The maximum atomic E-state index is 14.6. The number of methoxy groups -OCH3 is 1. The van der Waals surface area contributed by atoms with Crippen LogP contribution in [0.5, 0.6) is 0 Å². The van der Waals surface area contributed by atoms with Crippen LogP contribution in [-0.4, -0.2) is 220 Å². The molecule has 9 N–H and O–H groups in total. The smallest absolute Gasteiger partial charge is 0.246 e. The zero-order valence-electron chi connectivity index (χ0n) is 62.4. The van der Waals surface area contributed by atoms with E-state index in [-0.39, 0.29) is 190 Å². The number of nitrogens with one attached hydrogen (secondary N) is 9. The van der Waals surface area contributed by atoms with E-state index in [2.05, 4.69) is 47.9 Å². The Balaban J connectivity index is 3.66. The molecule has 0 radical (unpaired) electrons. The van der Waals surface area contributed by atoms with Gasteiger partial charge in [0.1, 0.15) is 41.8 Å². The van der Waals surface area contributed by atoms with Gasteiger partial charge in [0.25, 0.3) is 0 Å². The van der Waals surface area contributed by atoms with Crippen molar-refractivity contribution in [3.63, 3.8) is 0 Å². The topological polar surface area (TPSA) is 435 Å². The highest BCUT2D eigenvalue weighted by Gasteiger charge is 2.33. The van der Waals surface area contributed by atoms with Crippen LogP contribution in [0, 0.1) is 11.8 Å². The fourth-order valence-electron chi connectivity index (χ4n) is 10.5. The quantitative estimate of drug-likeness (QED) is 0.0238. The number of ether oxygens (including phenoxy) is 4. The van der Waals surface area contributed by atoms with E-state index in [4.69, 9.17) is 18.9 Å². The van der Waals surface area contributed by atoms with Gasteiger partial charge in [0, 0.05) is 110 Å². The Kier molecular flexibility index (Phi) is 54.5. The summed E-state index contributed by atoms with van der Waals surface area (Å²) < 4.78 is 21.0. The summed E-state index contributed by atoms with van der Waals surface area (Å²) in [6, 6.07) is 0.110. The molecule has 1 aromatic carbocycles. The van der Waals surface area contributed by atoms with Crippen LogP contribution in [0.25, 0.3) is 0 Å². The first kappa shape index (κ1) is 98.0. The minimum Gasteiger partial charge on any atom is -0.456 e. The van der Waals surface area contributed by atoms with E-state index in [9.17, 15) is 81.5 Å². The van der Waals surface area contributed by atoms with Crippen molar-refractivity contribution in [2.75, 3.05) is 78.8 Å². The van der Waals surface area contributed by atoms with Crippen LogP contribution in [0.15, 0.2) is 30.3 Å². The maximum Gasteiger partial charge on any atom is 0.246 e. The molecular formula is C72H111I2N9O21P2-2. The van der Waals surface area contributed by atoms with Gasteiger partial charge >= 0.3 is 0 Å². The lowest BCUT2D eigenvalue weighted by atomic mass is 9.91.